The van der Waals surface area contributed by atoms with Gasteiger partial charge in [0.15, 0.2) is 5.13 Å². The number of carbonyl (C=O) groups is 1. The summed E-state index contributed by atoms with van der Waals surface area (Å²) in [6, 6.07) is 13.9. The lowest BCUT2D eigenvalue weighted by Gasteiger charge is -2.09. The van der Waals surface area contributed by atoms with Crippen LogP contribution in [0.2, 0.25) is 0 Å². The number of ether oxygens (including phenoxy) is 1. The Hall–Kier alpha value is -2.73. The van der Waals surface area contributed by atoms with Gasteiger partial charge in [-0.3, -0.25) is 4.98 Å². The molecule has 0 atom stereocenters. The average Bonchev–Trinajstić information content (AvgIpc) is 3.44. The van der Waals surface area contributed by atoms with E-state index >= 15 is 0 Å². The molecule has 0 radical (unpaired) electrons. The van der Waals surface area contributed by atoms with Crippen LogP contribution in [-0.4, -0.2) is 23.0 Å². The summed E-state index contributed by atoms with van der Waals surface area (Å²) in [7, 11) is 1.40. The van der Waals surface area contributed by atoms with Crippen molar-refractivity contribution in [2.24, 2.45) is 0 Å². The van der Waals surface area contributed by atoms with Crippen molar-refractivity contribution in [3.63, 3.8) is 0 Å². The lowest BCUT2D eigenvalue weighted by molar-refractivity contribution is 0.0598. The lowest BCUT2D eigenvalue weighted by atomic mass is 10.1. The molecular formula is C20H19N3O2S. The molecule has 0 aliphatic heterocycles. The van der Waals surface area contributed by atoms with E-state index in [-0.39, 0.29) is 5.97 Å². The van der Waals surface area contributed by atoms with Crippen LogP contribution in [0.1, 0.15) is 40.5 Å². The third kappa shape index (κ3) is 3.60. The minimum atomic E-state index is -0.314. The molecule has 1 N–H and O–H groups in total. The zero-order valence-corrected chi connectivity index (χ0v) is 15.3. The van der Waals surface area contributed by atoms with Crippen LogP contribution in [-0.2, 0) is 11.3 Å². The molecule has 2 aromatic heterocycles. The molecule has 0 saturated heterocycles. The molecule has 0 amide bonds. The van der Waals surface area contributed by atoms with E-state index in [1.54, 1.807) is 11.3 Å². The summed E-state index contributed by atoms with van der Waals surface area (Å²) in [6.45, 7) is 0.572. The molecule has 1 saturated carbocycles. The van der Waals surface area contributed by atoms with Crippen molar-refractivity contribution < 1.29 is 9.53 Å². The van der Waals surface area contributed by atoms with E-state index in [1.807, 2.05) is 36.5 Å². The van der Waals surface area contributed by atoms with Crippen molar-refractivity contribution in [2.45, 2.75) is 25.3 Å². The van der Waals surface area contributed by atoms with Gasteiger partial charge in [0.05, 0.1) is 35.5 Å². The normalized spacial score (nSPS) is 13.4. The lowest BCUT2D eigenvalue weighted by Crippen LogP contribution is -2.10. The van der Waals surface area contributed by atoms with Crippen LogP contribution < -0.4 is 5.32 Å². The number of anilines is 1. The van der Waals surface area contributed by atoms with Gasteiger partial charge >= 0.3 is 5.97 Å². The van der Waals surface area contributed by atoms with Gasteiger partial charge in [-0.15, -0.1) is 0 Å². The fourth-order valence-electron chi connectivity index (χ4n) is 2.82. The van der Waals surface area contributed by atoms with Gasteiger partial charge in [0.25, 0.3) is 0 Å². The Kier molecular flexibility index (Phi) is 4.67. The van der Waals surface area contributed by atoms with E-state index < -0.39 is 0 Å². The zero-order chi connectivity index (χ0) is 17.9. The number of nitrogens with one attached hydrogen (secondary N) is 1. The Balaban J connectivity index is 1.47. The number of rotatable bonds is 6. The molecule has 6 heteroatoms. The van der Waals surface area contributed by atoms with E-state index in [4.69, 9.17) is 9.72 Å². The Morgan fingerprint density at radius 2 is 2.04 bits per heavy atom. The molecule has 3 aromatic rings. The number of methoxy groups -OCH3 is 1. The first-order valence-corrected chi connectivity index (χ1v) is 9.39. The first kappa shape index (κ1) is 16.7. The molecule has 26 heavy (non-hydrogen) atoms. The highest BCUT2D eigenvalue weighted by Crippen LogP contribution is 2.41. The van der Waals surface area contributed by atoms with Crippen molar-refractivity contribution in [3.05, 3.63) is 65.6 Å². The molecule has 5 nitrogen and oxygen atoms in total. The first-order valence-electron chi connectivity index (χ1n) is 8.58. The Morgan fingerprint density at radius 3 is 2.77 bits per heavy atom. The van der Waals surface area contributed by atoms with Crippen LogP contribution in [0.25, 0.3) is 10.4 Å². The fraction of sp³-hybridized carbons (Fsp3) is 0.250. The summed E-state index contributed by atoms with van der Waals surface area (Å²) < 4.78 is 4.87. The summed E-state index contributed by atoms with van der Waals surface area (Å²) in [5.41, 5.74) is 3.50. The van der Waals surface area contributed by atoms with Gasteiger partial charge in [-0.2, -0.15) is 0 Å². The van der Waals surface area contributed by atoms with Gasteiger partial charge in [-0.25, -0.2) is 9.78 Å². The molecule has 4 rings (SSSR count). The second-order valence-electron chi connectivity index (χ2n) is 6.25. The second kappa shape index (κ2) is 7.25. The minimum Gasteiger partial charge on any atom is -0.465 e. The first-order chi connectivity index (χ1) is 12.7. The Morgan fingerprint density at radius 1 is 1.23 bits per heavy atom. The number of nitrogens with zero attached hydrogens (tertiary/aromatic N) is 2. The molecule has 1 aliphatic carbocycles. The quantitative estimate of drug-likeness (QED) is 0.653. The number of thiazole rings is 1. The smallest absolute Gasteiger partial charge is 0.339 e. The van der Waals surface area contributed by atoms with Crippen molar-refractivity contribution >= 4 is 22.4 Å². The summed E-state index contributed by atoms with van der Waals surface area (Å²) >= 11 is 1.62. The molecule has 0 bridgehead atoms. The van der Waals surface area contributed by atoms with E-state index in [1.165, 1.54) is 7.11 Å². The van der Waals surface area contributed by atoms with Gasteiger partial charge < -0.3 is 10.1 Å². The highest BCUT2D eigenvalue weighted by molar-refractivity contribution is 7.18. The maximum absolute atomic E-state index is 11.9. The highest BCUT2D eigenvalue weighted by Gasteiger charge is 2.30. The van der Waals surface area contributed by atoms with Crippen molar-refractivity contribution in [1.29, 1.82) is 0 Å². The van der Waals surface area contributed by atoms with Crippen LogP contribution in [0.15, 0.2) is 48.7 Å². The zero-order valence-electron chi connectivity index (χ0n) is 14.4. The minimum absolute atomic E-state index is 0.314. The predicted octanol–water partition coefficient (Wildman–Crippen LogP) is 4.48. The topological polar surface area (TPSA) is 64.1 Å². The van der Waals surface area contributed by atoms with E-state index in [0.29, 0.717) is 18.0 Å². The molecule has 2 heterocycles. The van der Waals surface area contributed by atoms with Crippen molar-refractivity contribution in [2.75, 3.05) is 12.4 Å². The average molecular weight is 365 g/mol. The SMILES string of the molecule is COC(=O)c1ccc(CNc2ncc(-c3ccccc3)s2)nc1C1CC1. The molecular weight excluding hydrogens is 346 g/mol. The molecule has 0 spiro atoms. The monoisotopic (exact) mass is 365 g/mol. The summed E-state index contributed by atoms with van der Waals surface area (Å²) in [6.07, 6.45) is 4.05. The maximum Gasteiger partial charge on any atom is 0.339 e. The van der Waals surface area contributed by atoms with E-state index in [2.05, 4.69) is 22.4 Å². The summed E-state index contributed by atoms with van der Waals surface area (Å²) in [5, 5.41) is 4.19. The number of carbonyl (C=O) groups excluding carboxylic acids is 1. The highest BCUT2D eigenvalue weighted by atomic mass is 32.1. The molecule has 0 unspecified atom stereocenters. The fourth-order valence-corrected chi connectivity index (χ4v) is 3.64. The van der Waals surface area contributed by atoms with E-state index in [0.717, 1.165) is 39.8 Å². The van der Waals surface area contributed by atoms with Crippen molar-refractivity contribution in [1.82, 2.24) is 9.97 Å². The van der Waals surface area contributed by atoms with Gasteiger partial charge in [0.1, 0.15) is 0 Å². The largest absolute Gasteiger partial charge is 0.465 e. The van der Waals surface area contributed by atoms with Gasteiger partial charge in [-0.05, 0) is 30.5 Å². The number of benzene rings is 1. The third-order valence-corrected chi connectivity index (χ3v) is 5.34. The van der Waals surface area contributed by atoms with Gasteiger partial charge in [0, 0.05) is 12.1 Å². The summed E-state index contributed by atoms with van der Waals surface area (Å²) in [4.78, 5) is 22.2. The van der Waals surface area contributed by atoms with Gasteiger partial charge in [0.2, 0.25) is 0 Å². The number of aromatic nitrogens is 2. The Labute approximate surface area is 156 Å². The molecule has 1 aromatic carbocycles. The van der Waals surface area contributed by atoms with Crippen LogP contribution in [0.3, 0.4) is 0 Å². The van der Waals surface area contributed by atoms with Crippen LogP contribution in [0.5, 0.6) is 0 Å². The number of esters is 1. The number of hydrogen-bond donors (Lipinski definition) is 1. The third-order valence-electron chi connectivity index (χ3n) is 4.34. The predicted molar refractivity (Wildman–Crippen MR) is 102 cm³/mol. The number of hydrogen-bond acceptors (Lipinski definition) is 6. The maximum atomic E-state index is 11.9. The van der Waals surface area contributed by atoms with Gasteiger partial charge in [-0.1, -0.05) is 41.7 Å². The van der Waals surface area contributed by atoms with Crippen molar-refractivity contribution in [3.8, 4) is 10.4 Å². The molecule has 1 fully saturated rings. The van der Waals surface area contributed by atoms with Crippen LogP contribution in [0.4, 0.5) is 5.13 Å². The number of pyridine rings is 1. The Bertz CT molecular complexity index is 920. The van der Waals surface area contributed by atoms with E-state index in [9.17, 15) is 4.79 Å². The van der Waals surface area contributed by atoms with Crippen LogP contribution in [0, 0.1) is 0 Å². The summed E-state index contributed by atoms with van der Waals surface area (Å²) in [5.74, 6) is 0.0694. The standard InChI is InChI=1S/C20H19N3O2S/c1-25-19(24)16-10-9-15(23-18(16)14-7-8-14)11-21-20-22-12-17(26-20)13-5-3-2-4-6-13/h2-6,9-10,12,14H,7-8,11H2,1H3,(H,21,22). The molecule has 1 aliphatic rings. The van der Waals surface area contributed by atoms with Crippen LogP contribution >= 0.6 is 11.3 Å². The molecule has 132 valence electrons. The second-order valence-corrected chi connectivity index (χ2v) is 7.28.